The summed E-state index contributed by atoms with van der Waals surface area (Å²) in [6, 6.07) is 10.2. The van der Waals surface area contributed by atoms with Crippen LogP contribution >= 0.6 is 0 Å². The van der Waals surface area contributed by atoms with Crippen LogP contribution in [0.2, 0.25) is 0 Å². The lowest BCUT2D eigenvalue weighted by atomic mass is 9.69. The van der Waals surface area contributed by atoms with Crippen LogP contribution in [-0.2, 0) is 14.9 Å². The number of rotatable bonds is 3. The maximum absolute atomic E-state index is 11.1. The van der Waals surface area contributed by atoms with Crippen molar-refractivity contribution in [1.82, 2.24) is 0 Å². The third-order valence-corrected chi connectivity index (χ3v) is 3.85. The predicted molar refractivity (Wildman–Crippen MR) is 69.2 cm³/mol. The van der Waals surface area contributed by atoms with Crippen molar-refractivity contribution in [3.63, 3.8) is 0 Å². The van der Waals surface area contributed by atoms with E-state index in [1.165, 1.54) is 12.5 Å². The first-order valence-electron chi connectivity index (χ1n) is 6.49. The molecular weight excluding hydrogens is 228 g/mol. The largest absolute Gasteiger partial charge is 0.465 e. The first-order chi connectivity index (χ1) is 8.62. The zero-order valence-electron chi connectivity index (χ0n) is 10.8. The minimum Gasteiger partial charge on any atom is -0.465 e. The molecule has 0 aromatic heterocycles. The molecule has 0 amide bonds. The summed E-state index contributed by atoms with van der Waals surface area (Å²) >= 11 is 0. The van der Waals surface area contributed by atoms with Crippen LogP contribution in [0.15, 0.2) is 30.3 Å². The molecule has 0 radical (unpaired) electrons. The molecule has 1 aliphatic rings. The fraction of sp³-hybridized carbons (Fsp3) is 0.533. The lowest BCUT2D eigenvalue weighted by molar-refractivity contribution is -0.143. The molecule has 0 unspecified atom stereocenters. The van der Waals surface area contributed by atoms with Crippen molar-refractivity contribution in [3.8, 4) is 0 Å². The van der Waals surface area contributed by atoms with Gasteiger partial charge in [-0.25, -0.2) is 0 Å². The average Bonchev–Trinajstić information content (AvgIpc) is 2.39. The van der Waals surface area contributed by atoms with Gasteiger partial charge in [0.1, 0.15) is 6.61 Å². The number of hydrogen-bond acceptors (Lipinski definition) is 3. The molecule has 1 fully saturated rings. The molecule has 3 nitrogen and oxygen atoms in total. The van der Waals surface area contributed by atoms with Gasteiger partial charge in [0.05, 0.1) is 6.10 Å². The van der Waals surface area contributed by atoms with Gasteiger partial charge < -0.3 is 9.84 Å². The third-order valence-electron chi connectivity index (χ3n) is 3.85. The smallest absolute Gasteiger partial charge is 0.302 e. The van der Waals surface area contributed by atoms with Crippen molar-refractivity contribution < 1.29 is 14.6 Å². The lowest BCUT2D eigenvalue weighted by Gasteiger charge is -2.38. The molecule has 0 heterocycles. The molecule has 0 atom stereocenters. The van der Waals surface area contributed by atoms with Crippen LogP contribution in [0.4, 0.5) is 0 Å². The van der Waals surface area contributed by atoms with E-state index < -0.39 is 0 Å². The summed E-state index contributed by atoms with van der Waals surface area (Å²) in [7, 11) is 0. The Balaban J connectivity index is 2.20. The molecule has 1 aromatic rings. The Hall–Kier alpha value is -1.35. The van der Waals surface area contributed by atoms with E-state index in [9.17, 15) is 9.90 Å². The second-order valence-electron chi connectivity index (χ2n) is 5.16. The maximum Gasteiger partial charge on any atom is 0.302 e. The summed E-state index contributed by atoms with van der Waals surface area (Å²) in [6.45, 7) is 1.86. The van der Waals surface area contributed by atoms with Gasteiger partial charge in [-0.15, -0.1) is 0 Å². The molecule has 3 heteroatoms. The lowest BCUT2D eigenvalue weighted by Crippen LogP contribution is -2.38. The topological polar surface area (TPSA) is 46.5 Å². The van der Waals surface area contributed by atoms with Crippen molar-refractivity contribution >= 4 is 5.97 Å². The Bertz CT molecular complexity index is 391. The molecule has 1 aromatic carbocycles. The molecule has 98 valence electrons. The summed E-state index contributed by atoms with van der Waals surface area (Å²) < 4.78 is 5.25. The Morgan fingerprint density at radius 2 is 1.94 bits per heavy atom. The van der Waals surface area contributed by atoms with E-state index in [4.69, 9.17) is 4.74 Å². The van der Waals surface area contributed by atoms with Crippen LogP contribution in [0.5, 0.6) is 0 Å². The monoisotopic (exact) mass is 248 g/mol. The van der Waals surface area contributed by atoms with Gasteiger partial charge >= 0.3 is 5.97 Å². The second-order valence-corrected chi connectivity index (χ2v) is 5.16. The standard InChI is InChI=1S/C15H20O3/c1-12(16)18-11-15(9-7-14(17)8-10-15)13-5-3-2-4-6-13/h2-6,14,17H,7-11H2,1H3. The normalized spacial score (nSPS) is 27.8. The summed E-state index contributed by atoms with van der Waals surface area (Å²) in [5, 5.41) is 9.66. The van der Waals surface area contributed by atoms with E-state index in [0.29, 0.717) is 6.61 Å². The molecule has 0 spiro atoms. The molecule has 1 saturated carbocycles. The van der Waals surface area contributed by atoms with Gasteiger partial charge in [-0.1, -0.05) is 30.3 Å². The van der Waals surface area contributed by atoms with Crippen LogP contribution in [0.3, 0.4) is 0 Å². The molecule has 1 aliphatic carbocycles. The van der Waals surface area contributed by atoms with Gasteiger partial charge in [-0.05, 0) is 31.2 Å². The average molecular weight is 248 g/mol. The maximum atomic E-state index is 11.1. The van der Waals surface area contributed by atoms with Gasteiger partial charge in [0, 0.05) is 12.3 Å². The summed E-state index contributed by atoms with van der Waals surface area (Å²) in [5.41, 5.74) is 1.09. The Kier molecular flexibility index (Phi) is 4.02. The number of carbonyl (C=O) groups excluding carboxylic acids is 1. The van der Waals surface area contributed by atoms with E-state index in [1.54, 1.807) is 0 Å². The number of esters is 1. The highest BCUT2D eigenvalue weighted by Crippen LogP contribution is 2.39. The fourth-order valence-electron chi connectivity index (χ4n) is 2.70. The quantitative estimate of drug-likeness (QED) is 0.836. The highest BCUT2D eigenvalue weighted by molar-refractivity contribution is 5.66. The number of carbonyl (C=O) groups is 1. The predicted octanol–water partition coefficient (Wildman–Crippen LogP) is 2.42. The fourth-order valence-corrected chi connectivity index (χ4v) is 2.70. The van der Waals surface area contributed by atoms with E-state index in [0.717, 1.165) is 25.7 Å². The van der Waals surface area contributed by atoms with Crippen molar-refractivity contribution in [2.24, 2.45) is 0 Å². The van der Waals surface area contributed by atoms with Crippen molar-refractivity contribution in [1.29, 1.82) is 0 Å². The molecule has 2 rings (SSSR count). The van der Waals surface area contributed by atoms with Crippen molar-refractivity contribution in [3.05, 3.63) is 35.9 Å². The van der Waals surface area contributed by atoms with Gasteiger partial charge in [-0.2, -0.15) is 0 Å². The summed E-state index contributed by atoms with van der Waals surface area (Å²) in [4.78, 5) is 11.1. The second kappa shape index (κ2) is 5.53. The zero-order valence-corrected chi connectivity index (χ0v) is 10.8. The third kappa shape index (κ3) is 2.91. The summed E-state index contributed by atoms with van der Waals surface area (Å²) in [5.74, 6) is -0.239. The first-order valence-corrected chi connectivity index (χ1v) is 6.49. The molecule has 1 N–H and O–H groups in total. The number of benzene rings is 1. The van der Waals surface area contributed by atoms with E-state index in [-0.39, 0.29) is 17.5 Å². The van der Waals surface area contributed by atoms with Crippen LogP contribution in [0.25, 0.3) is 0 Å². The van der Waals surface area contributed by atoms with E-state index in [1.807, 2.05) is 18.2 Å². The Morgan fingerprint density at radius 1 is 1.33 bits per heavy atom. The van der Waals surface area contributed by atoms with Gasteiger partial charge in [-0.3, -0.25) is 4.79 Å². The van der Waals surface area contributed by atoms with Gasteiger partial charge in [0.2, 0.25) is 0 Å². The Morgan fingerprint density at radius 3 is 2.50 bits per heavy atom. The van der Waals surface area contributed by atoms with E-state index >= 15 is 0 Å². The van der Waals surface area contributed by atoms with Gasteiger partial charge in [0.15, 0.2) is 0 Å². The van der Waals surface area contributed by atoms with Gasteiger partial charge in [0.25, 0.3) is 0 Å². The molecule has 0 saturated heterocycles. The van der Waals surface area contributed by atoms with Crippen LogP contribution in [0.1, 0.15) is 38.2 Å². The minimum absolute atomic E-state index is 0.119. The van der Waals surface area contributed by atoms with Crippen molar-refractivity contribution in [2.75, 3.05) is 6.61 Å². The zero-order chi connectivity index (χ0) is 13.0. The van der Waals surface area contributed by atoms with Crippen LogP contribution in [-0.4, -0.2) is 23.8 Å². The molecule has 0 aliphatic heterocycles. The summed E-state index contributed by atoms with van der Waals surface area (Å²) in [6.07, 6.45) is 3.07. The highest BCUT2D eigenvalue weighted by atomic mass is 16.5. The molecular formula is C15H20O3. The first kappa shape index (κ1) is 13.1. The number of aliphatic hydroxyl groups excluding tert-OH is 1. The Labute approximate surface area is 108 Å². The number of ether oxygens (including phenoxy) is 1. The minimum atomic E-state index is -0.239. The number of aliphatic hydroxyl groups is 1. The van der Waals surface area contributed by atoms with Crippen LogP contribution < -0.4 is 0 Å². The SMILES string of the molecule is CC(=O)OCC1(c2ccccc2)CCC(O)CC1. The molecule has 18 heavy (non-hydrogen) atoms. The highest BCUT2D eigenvalue weighted by Gasteiger charge is 2.37. The van der Waals surface area contributed by atoms with Crippen molar-refractivity contribution in [2.45, 2.75) is 44.1 Å². The van der Waals surface area contributed by atoms with Crippen LogP contribution in [0, 0.1) is 0 Å². The molecule has 0 bridgehead atoms. The van der Waals surface area contributed by atoms with E-state index in [2.05, 4.69) is 12.1 Å². The number of hydrogen-bond donors (Lipinski definition) is 1.